The molecule has 1 fully saturated rings. The molecule has 0 aliphatic heterocycles. The van der Waals surface area contributed by atoms with E-state index in [1.165, 1.54) is 31.7 Å². The van der Waals surface area contributed by atoms with Crippen LogP contribution in [0.4, 0.5) is 5.69 Å². The smallest absolute Gasteiger partial charge is 0.269 e. The Balaban J connectivity index is 2.05. The Morgan fingerprint density at radius 1 is 1.29 bits per heavy atom. The van der Waals surface area contributed by atoms with Gasteiger partial charge in [0.2, 0.25) is 0 Å². The number of non-ortho nitro benzene ring substituents is 1. The van der Waals surface area contributed by atoms with Crippen molar-refractivity contribution in [3.8, 4) is 5.75 Å². The maximum Gasteiger partial charge on any atom is 0.269 e. The van der Waals surface area contributed by atoms with E-state index in [0.29, 0.717) is 6.61 Å². The highest BCUT2D eigenvalue weighted by Crippen LogP contribution is 2.37. The van der Waals surface area contributed by atoms with Crippen LogP contribution in [0, 0.1) is 22.5 Å². The molecule has 0 saturated heterocycles. The first-order valence-corrected chi connectivity index (χ1v) is 8.18. The molecule has 1 saturated carbocycles. The lowest BCUT2D eigenvalue weighted by Gasteiger charge is -2.31. The Morgan fingerprint density at radius 3 is 2.48 bits per heavy atom. The molecule has 116 valence electrons. The van der Waals surface area contributed by atoms with E-state index >= 15 is 0 Å². The van der Waals surface area contributed by atoms with Crippen LogP contribution in [0.1, 0.15) is 44.1 Å². The highest BCUT2D eigenvalue weighted by atomic mass is 32.1. The highest BCUT2D eigenvalue weighted by Gasteiger charge is 2.30. The topological polar surface area (TPSA) is 52.4 Å². The predicted molar refractivity (Wildman–Crippen MR) is 87.3 cm³/mol. The zero-order valence-electron chi connectivity index (χ0n) is 12.5. The van der Waals surface area contributed by atoms with Gasteiger partial charge in [0.25, 0.3) is 5.69 Å². The number of aryl methyl sites for hydroxylation is 1. The van der Waals surface area contributed by atoms with Crippen molar-refractivity contribution >= 4 is 18.3 Å². The van der Waals surface area contributed by atoms with Crippen LogP contribution in [-0.4, -0.2) is 17.3 Å². The van der Waals surface area contributed by atoms with Gasteiger partial charge in [-0.15, -0.1) is 0 Å². The molecular formula is C16H23NO3S. The van der Waals surface area contributed by atoms with Crippen LogP contribution >= 0.6 is 12.6 Å². The Morgan fingerprint density at radius 2 is 1.95 bits per heavy atom. The van der Waals surface area contributed by atoms with Crippen molar-refractivity contribution in [1.29, 1.82) is 0 Å². The summed E-state index contributed by atoms with van der Waals surface area (Å²) >= 11 is 4.54. The summed E-state index contributed by atoms with van der Waals surface area (Å²) in [6, 6.07) is 4.77. The average Bonchev–Trinajstić information content (AvgIpc) is 2.72. The van der Waals surface area contributed by atoms with Crippen LogP contribution < -0.4 is 4.74 Å². The molecular weight excluding hydrogens is 286 g/mol. The van der Waals surface area contributed by atoms with E-state index in [9.17, 15) is 10.1 Å². The number of benzene rings is 1. The minimum atomic E-state index is -0.378. The molecule has 0 N–H and O–H groups in total. The molecule has 0 heterocycles. The fourth-order valence-corrected chi connectivity index (χ4v) is 3.37. The lowest BCUT2D eigenvalue weighted by atomic mass is 9.83. The summed E-state index contributed by atoms with van der Waals surface area (Å²) in [6.45, 7) is 2.50. The fourth-order valence-electron chi connectivity index (χ4n) is 2.97. The number of rotatable bonds is 5. The molecule has 0 radical (unpaired) electrons. The van der Waals surface area contributed by atoms with Crippen molar-refractivity contribution in [1.82, 2.24) is 0 Å². The van der Waals surface area contributed by atoms with Crippen molar-refractivity contribution in [2.75, 3.05) is 12.4 Å². The largest absolute Gasteiger partial charge is 0.493 e. The molecule has 0 atom stereocenters. The van der Waals surface area contributed by atoms with Gasteiger partial charge < -0.3 is 4.74 Å². The van der Waals surface area contributed by atoms with Crippen LogP contribution in [0.2, 0.25) is 0 Å². The maximum absolute atomic E-state index is 10.8. The van der Waals surface area contributed by atoms with Gasteiger partial charge >= 0.3 is 0 Å². The lowest BCUT2D eigenvalue weighted by Crippen LogP contribution is -2.30. The first-order chi connectivity index (χ1) is 10.1. The third kappa shape index (κ3) is 4.13. The first-order valence-electron chi connectivity index (χ1n) is 7.55. The summed E-state index contributed by atoms with van der Waals surface area (Å²) in [5.74, 6) is 1.57. The number of ether oxygens (including phenoxy) is 1. The summed E-state index contributed by atoms with van der Waals surface area (Å²) in [4.78, 5) is 10.4. The quantitative estimate of drug-likeness (QED) is 0.376. The number of nitro groups is 1. The van der Waals surface area contributed by atoms with Crippen LogP contribution in [0.25, 0.3) is 0 Å². The fraction of sp³-hybridized carbons (Fsp3) is 0.625. The maximum atomic E-state index is 10.8. The van der Waals surface area contributed by atoms with Gasteiger partial charge in [0.15, 0.2) is 0 Å². The van der Waals surface area contributed by atoms with Crippen molar-refractivity contribution in [2.45, 2.75) is 45.4 Å². The number of nitro benzene ring substituents is 1. The molecule has 21 heavy (non-hydrogen) atoms. The molecule has 4 nitrogen and oxygen atoms in total. The van der Waals surface area contributed by atoms with Gasteiger partial charge in [-0.3, -0.25) is 10.1 Å². The van der Waals surface area contributed by atoms with Crippen LogP contribution in [0.5, 0.6) is 5.75 Å². The summed E-state index contributed by atoms with van der Waals surface area (Å²) in [5.41, 5.74) is 1.07. The highest BCUT2D eigenvalue weighted by molar-refractivity contribution is 7.80. The number of hydrogen-bond donors (Lipinski definition) is 1. The number of nitrogens with zero attached hydrogens (tertiary/aromatic N) is 1. The van der Waals surface area contributed by atoms with Crippen molar-refractivity contribution in [3.05, 3.63) is 33.9 Å². The predicted octanol–water partition coefficient (Wildman–Crippen LogP) is 4.55. The van der Waals surface area contributed by atoms with Gasteiger partial charge in [0.05, 0.1) is 11.5 Å². The van der Waals surface area contributed by atoms with Crippen molar-refractivity contribution in [3.63, 3.8) is 0 Å². The van der Waals surface area contributed by atoms with Gasteiger partial charge in [-0.2, -0.15) is 12.6 Å². The second-order valence-corrected chi connectivity index (χ2v) is 6.38. The summed E-state index contributed by atoms with van der Waals surface area (Å²) in [5, 5.41) is 10.8. The van der Waals surface area contributed by atoms with Gasteiger partial charge in [-0.25, -0.2) is 0 Å². The van der Waals surface area contributed by atoms with E-state index < -0.39 is 0 Å². The molecule has 5 heteroatoms. The van der Waals surface area contributed by atoms with E-state index in [0.717, 1.165) is 29.9 Å². The summed E-state index contributed by atoms with van der Waals surface area (Å²) in [7, 11) is 0. The Hall–Kier alpha value is -1.23. The molecule has 1 aliphatic rings. The molecule has 1 aliphatic carbocycles. The van der Waals surface area contributed by atoms with Gasteiger partial charge in [0.1, 0.15) is 5.75 Å². The van der Waals surface area contributed by atoms with Gasteiger partial charge in [-0.05, 0) is 37.1 Å². The first kappa shape index (κ1) is 16.1. The van der Waals surface area contributed by atoms with Crippen LogP contribution in [0.15, 0.2) is 18.2 Å². The van der Waals surface area contributed by atoms with Crippen LogP contribution in [0.3, 0.4) is 0 Å². The van der Waals surface area contributed by atoms with Gasteiger partial charge in [-0.1, -0.05) is 25.7 Å². The molecule has 0 aromatic heterocycles. The minimum absolute atomic E-state index is 0.109. The average molecular weight is 309 g/mol. The van der Waals surface area contributed by atoms with Crippen molar-refractivity contribution < 1.29 is 9.66 Å². The van der Waals surface area contributed by atoms with E-state index in [1.807, 2.05) is 6.92 Å². The van der Waals surface area contributed by atoms with Crippen molar-refractivity contribution in [2.24, 2.45) is 5.41 Å². The number of thiol groups is 1. The second kappa shape index (κ2) is 7.16. The second-order valence-electron chi connectivity index (χ2n) is 6.07. The Bertz CT molecular complexity index is 496. The summed E-state index contributed by atoms with van der Waals surface area (Å²) in [6.07, 6.45) is 7.38. The minimum Gasteiger partial charge on any atom is -0.493 e. The molecule has 0 bridgehead atoms. The zero-order chi connectivity index (χ0) is 15.3. The molecule has 0 spiro atoms. The summed E-state index contributed by atoms with van der Waals surface area (Å²) < 4.78 is 5.99. The standard InChI is InChI=1S/C16H23NO3S/c1-13-10-14(17(18)19)6-7-15(13)20-11-16(12-21)8-4-2-3-5-9-16/h6-7,10,21H,2-5,8-9,11-12H2,1H3. The van der Waals surface area contributed by atoms with E-state index in [1.54, 1.807) is 12.1 Å². The SMILES string of the molecule is Cc1cc([N+](=O)[O-])ccc1OCC1(CS)CCCCCC1. The molecule has 0 unspecified atom stereocenters. The Kier molecular flexibility index (Phi) is 5.51. The molecule has 1 aromatic carbocycles. The van der Waals surface area contributed by atoms with E-state index in [-0.39, 0.29) is 16.0 Å². The molecule has 2 rings (SSSR count). The molecule has 0 amide bonds. The molecule has 1 aromatic rings. The number of hydrogen-bond acceptors (Lipinski definition) is 4. The van der Waals surface area contributed by atoms with Crippen LogP contribution in [-0.2, 0) is 0 Å². The normalized spacial score (nSPS) is 18.0. The zero-order valence-corrected chi connectivity index (χ0v) is 13.4. The van der Waals surface area contributed by atoms with E-state index in [2.05, 4.69) is 12.6 Å². The van der Waals surface area contributed by atoms with E-state index in [4.69, 9.17) is 4.74 Å². The van der Waals surface area contributed by atoms with Gasteiger partial charge in [0, 0.05) is 17.5 Å². The lowest BCUT2D eigenvalue weighted by molar-refractivity contribution is -0.384. The Labute approximate surface area is 131 Å². The third-order valence-corrected chi connectivity index (χ3v) is 5.07. The monoisotopic (exact) mass is 309 g/mol. The third-order valence-electron chi connectivity index (χ3n) is 4.40.